The van der Waals surface area contributed by atoms with E-state index >= 15 is 0 Å². The van der Waals surface area contributed by atoms with Crippen molar-refractivity contribution in [1.29, 1.82) is 0 Å². The summed E-state index contributed by atoms with van der Waals surface area (Å²) in [6.07, 6.45) is 0.543. The lowest BCUT2D eigenvalue weighted by atomic mass is 10.1. The lowest BCUT2D eigenvalue weighted by Gasteiger charge is -2.11. The van der Waals surface area contributed by atoms with Crippen LogP contribution < -0.4 is 5.32 Å². The van der Waals surface area contributed by atoms with Crippen LogP contribution in [-0.4, -0.2) is 23.2 Å². The van der Waals surface area contributed by atoms with Gasteiger partial charge in [-0.2, -0.15) is 0 Å². The highest BCUT2D eigenvalue weighted by Gasteiger charge is 2.09. The number of nitrogens with one attached hydrogen (secondary N) is 1. The van der Waals surface area contributed by atoms with Gasteiger partial charge >= 0.3 is 0 Å². The van der Waals surface area contributed by atoms with Gasteiger partial charge in [0.2, 0.25) is 0 Å². The predicted molar refractivity (Wildman–Crippen MR) is 69.4 cm³/mol. The Bertz CT molecular complexity index is 334. The second kappa shape index (κ2) is 7.35. The maximum Gasteiger partial charge on any atom is 0.129 e. The molecular formula is C11H13Br2F2N. The van der Waals surface area contributed by atoms with Crippen molar-refractivity contribution >= 4 is 31.9 Å². The molecule has 0 amide bonds. The topological polar surface area (TPSA) is 12.0 Å². The molecule has 5 heteroatoms. The highest BCUT2D eigenvalue weighted by Crippen LogP contribution is 2.14. The van der Waals surface area contributed by atoms with Gasteiger partial charge in [-0.15, -0.1) is 0 Å². The van der Waals surface area contributed by atoms with Gasteiger partial charge in [-0.05, 0) is 18.1 Å². The zero-order chi connectivity index (χ0) is 12.0. The molecule has 1 unspecified atom stereocenters. The van der Waals surface area contributed by atoms with Gasteiger partial charge in [-0.3, -0.25) is 0 Å². The molecule has 1 aromatic rings. The van der Waals surface area contributed by atoms with Crippen molar-refractivity contribution in [3.63, 3.8) is 0 Å². The Balaban J connectivity index is 2.46. The zero-order valence-corrected chi connectivity index (χ0v) is 11.8. The van der Waals surface area contributed by atoms with Crippen LogP contribution in [0.2, 0.25) is 0 Å². The molecule has 0 aliphatic heterocycles. The average molecular weight is 357 g/mol. The Hall–Kier alpha value is -0.000000000000000167. The number of benzene rings is 1. The number of hydrogen-bond donors (Lipinski definition) is 1. The molecule has 1 aromatic carbocycles. The van der Waals surface area contributed by atoms with Crippen LogP contribution in [0, 0.1) is 11.6 Å². The lowest BCUT2D eigenvalue weighted by Crippen LogP contribution is -2.26. The summed E-state index contributed by atoms with van der Waals surface area (Å²) in [5, 5.41) is 4.08. The average Bonchev–Trinajstić information content (AvgIpc) is 2.23. The summed E-state index contributed by atoms with van der Waals surface area (Å²) in [6, 6.07) is 3.69. The minimum atomic E-state index is -0.537. The quantitative estimate of drug-likeness (QED) is 0.609. The first kappa shape index (κ1) is 14.1. The summed E-state index contributed by atoms with van der Waals surface area (Å²) in [5.74, 6) is -1.02. The first-order chi connectivity index (χ1) is 7.63. The summed E-state index contributed by atoms with van der Waals surface area (Å²) >= 11 is 6.77. The van der Waals surface area contributed by atoms with E-state index in [1.165, 1.54) is 12.1 Å². The van der Waals surface area contributed by atoms with Gasteiger partial charge in [0.25, 0.3) is 0 Å². The van der Waals surface area contributed by atoms with E-state index in [4.69, 9.17) is 0 Å². The zero-order valence-electron chi connectivity index (χ0n) is 8.65. The molecule has 1 rings (SSSR count). The Morgan fingerprint density at radius 2 is 2.06 bits per heavy atom. The van der Waals surface area contributed by atoms with Crippen LogP contribution in [0.15, 0.2) is 18.2 Å². The van der Waals surface area contributed by atoms with Crippen molar-refractivity contribution in [2.24, 2.45) is 0 Å². The molecule has 1 atom stereocenters. The summed E-state index contributed by atoms with van der Waals surface area (Å²) in [7, 11) is 0. The van der Waals surface area contributed by atoms with Gasteiger partial charge in [0, 0.05) is 29.3 Å². The van der Waals surface area contributed by atoms with E-state index in [-0.39, 0.29) is 4.83 Å². The van der Waals surface area contributed by atoms with E-state index in [0.717, 1.165) is 24.5 Å². The van der Waals surface area contributed by atoms with Crippen LogP contribution in [0.1, 0.15) is 5.56 Å². The lowest BCUT2D eigenvalue weighted by molar-refractivity contribution is 0.568. The monoisotopic (exact) mass is 355 g/mol. The van der Waals surface area contributed by atoms with E-state index in [1.807, 2.05) is 0 Å². The summed E-state index contributed by atoms with van der Waals surface area (Å²) in [5.41, 5.74) is 0.531. The van der Waals surface area contributed by atoms with Crippen LogP contribution in [0.5, 0.6) is 0 Å². The number of halogens is 4. The molecule has 0 aliphatic carbocycles. The number of alkyl halides is 2. The SMILES string of the molecule is Fc1ccc(CC(Br)CNCCBr)c(F)c1. The minimum absolute atomic E-state index is 0.145. The van der Waals surface area contributed by atoms with Crippen molar-refractivity contribution in [1.82, 2.24) is 5.32 Å². The van der Waals surface area contributed by atoms with Gasteiger partial charge in [-0.25, -0.2) is 8.78 Å². The maximum atomic E-state index is 13.3. The van der Waals surface area contributed by atoms with Crippen molar-refractivity contribution in [3.8, 4) is 0 Å². The van der Waals surface area contributed by atoms with Crippen molar-refractivity contribution in [2.45, 2.75) is 11.2 Å². The van der Waals surface area contributed by atoms with Gasteiger partial charge < -0.3 is 5.32 Å². The standard InChI is InChI=1S/C11H13Br2F2N/c12-3-4-16-7-9(13)5-8-1-2-10(14)6-11(8)15/h1-2,6,9,16H,3-5,7H2. The third-order valence-corrected chi connectivity index (χ3v) is 3.14. The van der Waals surface area contributed by atoms with Crippen molar-refractivity contribution < 1.29 is 8.78 Å². The number of rotatable bonds is 6. The smallest absolute Gasteiger partial charge is 0.129 e. The molecule has 0 fully saturated rings. The molecular weight excluding hydrogens is 344 g/mol. The molecule has 0 saturated heterocycles. The van der Waals surface area contributed by atoms with E-state index in [1.54, 1.807) is 0 Å². The van der Waals surface area contributed by atoms with Gasteiger partial charge in [0.05, 0.1) is 0 Å². The Morgan fingerprint density at radius 3 is 2.69 bits per heavy atom. The van der Waals surface area contributed by atoms with Gasteiger partial charge in [-0.1, -0.05) is 37.9 Å². The van der Waals surface area contributed by atoms with Crippen molar-refractivity contribution in [3.05, 3.63) is 35.4 Å². The molecule has 1 N–H and O–H groups in total. The fourth-order valence-electron chi connectivity index (χ4n) is 1.32. The molecule has 16 heavy (non-hydrogen) atoms. The molecule has 0 spiro atoms. The fourth-order valence-corrected chi connectivity index (χ4v) is 2.18. The summed E-state index contributed by atoms with van der Waals surface area (Å²) in [4.78, 5) is 0.145. The van der Waals surface area contributed by atoms with Crippen LogP contribution in [0.4, 0.5) is 8.78 Å². The molecule has 0 aromatic heterocycles. The second-order valence-corrected chi connectivity index (χ2v) is 5.52. The minimum Gasteiger partial charge on any atom is -0.315 e. The van der Waals surface area contributed by atoms with Crippen LogP contribution >= 0.6 is 31.9 Å². The first-order valence-corrected chi connectivity index (χ1v) is 7.02. The third-order valence-electron chi connectivity index (χ3n) is 2.09. The van der Waals surface area contributed by atoms with Gasteiger partial charge in [0.1, 0.15) is 11.6 Å². The Morgan fingerprint density at radius 1 is 1.31 bits per heavy atom. The van der Waals surface area contributed by atoms with E-state index in [9.17, 15) is 8.78 Å². The highest BCUT2D eigenvalue weighted by atomic mass is 79.9. The Kier molecular flexibility index (Phi) is 6.46. The maximum absolute atomic E-state index is 13.3. The molecule has 0 aliphatic rings. The molecule has 0 radical (unpaired) electrons. The molecule has 1 nitrogen and oxygen atoms in total. The number of hydrogen-bond acceptors (Lipinski definition) is 1. The van der Waals surface area contributed by atoms with E-state index in [2.05, 4.69) is 37.2 Å². The molecule has 0 saturated carbocycles. The van der Waals surface area contributed by atoms with Crippen LogP contribution in [0.3, 0.4) is 0 Å². The van der Waals surface area contributed by atoms with Crippen LogP contribution in [0.25, 0.3) is 0 Å². The normalized spacial score (nSPS) is 12.8. The molecule has 90 valence electrons. The van der Waals surface area contributed by atoms with Gasteiger partial charge in [0.15, 0.2) is 0 Å². The largest absolute Gasteiger partial charge is 0.315 e. The van der Waals surface area contributed by atoms with E-state index < -0.39 is 11.6 Å². The summed E-state index contributed by atoms with van der Waals surface area (Å²) in [6.45, 7) is 1.62. The molecule has 0 heterocycles. The predicted octanol–water partition coefficient (Wildman–Crippen LogP) is 3.26. The van der Waals surface area contributed by atoms with Crippen LogP contribution in [-0.2, 0) is 6.42 Å². The second-order valence-electron chi connectivity index (χ2n) is 3.43. The van der Waals surface area contributed by atoms with E-state index in [0.29, 0.717) is 12.0 Å². The highest BCUT2D eigenvalue weighted by molar-refractivity contribution is 9.09. The summed E-state index contributed by atoms with van der Waals surface area (Å²) < 4.78 is 26.0. The fraction of sp³-hybridized carbons (Fsp3) is 0.455. The third kappa shape index (κ3) is 4.89. The molecule has 0 bridgehead atoms. The Labute approximate surface area is 111 Å². The first-order valence-electron chi connectivity index (χ1n) is 4.98. The van der Waals surface area contributed by atoms with Crippen molar-refractivity contribution in [2.75, 3.05) is 18.4 Å².